The minimum atomic E-state index is -1.17. The van der Waals surface area contributed by atoms with Crippen LogP contribution in [0.15, 0.2) is 12.1 Å². The number of benzene rings is 1. The predicted molar refractivity (Wildman–Crippen MR) is 92.7 cm³/mol. The third-order valence-corrected chi connectivity index (χ3v) is 3.50. The van der Waals surface area contributed by atoms with Gasteiger partial charge in [-0.05, 0) is 45.4 Å². The molecule has 0 spiro atoms. The molecule has 8 nitrogen and oxygen atoms in total. The van der Waals surface area contributed by atoms with E-state index in [-0.39, 0.29) is 22.9 Å². The molecule has 26 heavy (non-hydrogen) atoms. The van der Waals surface area contributed by atoms with Crippen molar-refractivity contribution in [3.8, 4) is 11.4 Å². The number of hydrogen-bond donors (Lipinski definition) is 1. The molecular formula is C17H21FN4O4. The first kappa shape index (κ1) is 19.4. The molecule has 0 bridgehead atoms. The molecule has 0 aliphatic rings. The molecule has 0 unspecified atom stereocenters. The minimum Gasteiger partial charge on any atom is -0.478 e. The summed E-state index contributed by atoms with van der Waals surface area (Å²) in [5.74, 6) is -1.70. The summed E-state index contributed by atoms with van der Waals surface area (Å²) in [6, 6.07) is 2.33. The van der Waals surface area contributed by atoms with Crippen molar-refractivity contribution in [3.63, 3.8) is 0 Å². The highest BCUT2D eigenvalue weighted by atomic mass is 19.1. The van der Waals surface area contributed by atoms with E-state index >= 15 is 0 Å². The van der Waals surface area contributed by atoms with Gasteiger partial charge in [0.1, 0.15) is 11.4 Å². The fourth-order valence-corrected chi connectivity index (χ4v) is 2.23. The van der Waals surface area contributed by atoms with Crippen LogP contribution < -0.4 is 4.90 Å². The van der Waals surface area contributed by atoms with E-state index in [1.165, 1.54) is 31.8 Å². The Hall–Kier alpha value is -2.97. The number of ether oxygens (including phenoxy) is 1. The van der Waals surface area contributed by atoms with Crippen molar-refractivity contribution in [2.75, 3.05) is 11.9 Å². The maximum absolute atomic E-state index is 14.4. The van der Waals surface area contributed by atoms with Gasteiger partial charge >= 0.3 is 12.1 Å². The summed E-state index contributed by atoms with van der Waals surface area (Å²) in [4.78, 5) is 28.7. The van der Waals surface area contributed by atoms with Gasteiger partial charge in [-0.25, -0.2) is 23.6 Å². The number of carbonyl (C=O) groups is 2. The Morgan fingerprint density at radius 1 is 1.31 bits per heavy atom. The number of carboxylic acids is 1. The van der Waals surface area contributed by atoms with E-state index in [9.17, 15) is 19.1 Å². The molecule has 0 fully saturated rings. The van der Waals surface area contributed by atoms with E-state index in [2.05, 4.69) is 10.1 Å². The van der Waals surface area contributed by atoms with Gasteiger partial charge in [0.15, 0.2) is 5.82 Å². The van der Waals surface area contributed by atoms with Crippen molar-refractivity contribution >= 4 is 18.0 Å². The van der Waals surface area contributed by atoms with Crippen LogP contribution in [0.5, 0.6) is 0 Å². The minimum absolute atomic E-state index is 0.00796. The van der Waals surface area contributed by atoms with Crippen LogP contribution in [0.2, 0.25) is 0 Å². The summed E-state index contributed by atoms with van der Waals surface area (Å²) in [6.07, 6.45) is -0.662. The van der Waals surface area contributed by atoms with Gasteiger partial charge in [0.05, 0.1) is 11.1 Å². The van der Waals surface area contributed by atoms with Crippen molar-refractivity contribution < 1.29 is 23.8 Å². The number of aryl methyl sites for hydroxylation is 2. The third kappa shape index (κ3) is 3.98. The monoisotopic (exact) mass is 364 g/mol. The smallest absolute Gasteiger partial charge is 0.416 e. The molecule has 1 heterocycles. The highest BCUT2D eigenvalue weighted by molar-refractivity contribution is 5.91. The van der Waals surface area contributed by atoms with Crippen LogP contribution >= 0.6 is 0 Å². The van der Waals surface area contributed by atoms with E-state index in [1.807, 2.05) is 0 Å². The van der Waals surface area contributed by atoms with Crippen LogP contribution in [0.4, 0.5) is 15.1 Å². The summed E-state index contributed by atoms with van der Waals surface area (Å²) >= 11 is 0. The van der Waals surface area contributed by atoms with Gasteiger partial charge in [0.25, 0.3) is 5.95 Å². The molecule has 1 N–H and O–H groups in total. The van der Waals surface area contributed by atoms with Crippen LogP contribution in [0.1, 0.15) is 36.7 Å². The Morgan fingerprint density at radius 3 is 2.46 bits per heavy atom. The maximum atomic E-state index is 14.4. The van der Waals surface area contributed by atoms with Crippen LogP contribution in [-0.4, -0.2) is 44.6 Å². The fourth-order valence-electron chi connectivity index (χ4n) is 2.23. The quantitative estimate of drug-likeness (QED) is 0.899. The number of halogens is 1. The highest BCUT2D eigenvalue weighted by Crippen LogP contribution is 2.26. The Morgan fingerprint density at radius 2 is 1.92 bits per heavy atom. The van der Waals surface area contributed by atoms with Crippen LogP contribution in [0.3, 0.4) is 0 Å². The molecule has 1 aromatic heterocycles. The third-order valence-electron chi connectivity index (χ3n) is 3.50. The lowest BCUT2D eigenvalue weighted by atomic mass is 10.0. The van der Waals surface area contributed by atoms with E-state index in [0.29, 0.717) is 5.56 Å². The Labute approximate surface area is 150 Å². The number of aromatic carboxylic acids is 1. The molecule has 0 atom stereocenters. The zero-order chi connectivity index (χ0) is 19.8. The second-order valence-corrected chi connectivity index (χ2v) is 6.85. The SMILES string of the molecule is Cc1cc(F)c(-c2nc(N(C)C(=O)OC(C)(C)C)nn2C)cc1C(=O)O. The number of carbonyl (C=O) groups excluding carboxylic acids is 1. The Balaban J connectivity index is 2.44. The van der Waals surface area contributed by atoms with Gasteiger partial charge in [0.2, 0.25) is 0 Å². The normalized spacial score (nSPS) is 11.3. The first-order chi connectivity index (χ1) is 11.9. The molecule has 9 heteroatoms. The first-order valence-corrected chi connectivity index (χ1v) is 7.82. The second-order valence-electron chi connectivity index (χ2n) is 6.85. The molecule has 0 aliphatic heterocycles. The van der Waals surface area contributed by atoms with E-state index in [0.717, 1.165) is 11.0 Å². The summed E-state index contributed by atoms with van der Waals surface area (Å²) < 4.78 is 20.9. The standard InChI is InChI=1S/C17H21FN4O4/c1-9-7-12(18)11(8-10(9)14(23)24)13-19-15(20-22(13)6)21(5)16(25)26-17(2,3)4/h7-8H,1-6H3,(H,23,24). The number of anilines is 1. The predicted octanol–water partition coefficient (Wildman–Crippen LogP) is 3.00. The molecule has 2 rings (SSSR count). The number of hydrogen-bond acceptors (Lipinski definition) is 5. The summed E-state index contributed by atoms with van der Waals surface area (Å²) in [7, 11) is 2.95. The average molecular weight is 364 g/mol. The molecule has 1 aromatic carbocycles. The summed E-state index contributed by atoms with van der Waals surface area (Å²) in [5.41, 5.74) is -0.451. The van der Waals surface area contributed by atoms with Crippen molar-refractivity contribution in [1.29, 1.82) is 0 Å². The summed E-state index contributed by atoms with van der Waals surface area (Å²) in [5, 5.41) is 13.3. The highest BCUT2D eigenvalue weighted by Gasteiger charge is 2.25. The molecule has 2 aromatic rings. The number of carboxylic acid groups (broad SMARTS) is 1. The van der Waals surface area contributed by atoms with Crippen LogP contribution in [-0.2, 0) is 11.8 Å². The number of aromatic nitrogens is 3. The van der Waals surface area contributed by atoms with Gasteiger partial charge < -0.3 is 9.84 Å². The topological polar surface area (TPSA) is 97.6 Å². The number of rotatable bonds is 3. The van der Waals surface area contributed by atoms with Crippen molar-refractivity contribution in [2.45, 2.75) is 33.3 Å². The van der Waals surface area contributed by atoms with E-state index in [4.69, 9.17) is 4.74 Å². The molecule has 1 amide bonds. The van der Waals surface area contributed by atoms with Crippen LogP contribution in [0.25, 0.3) is 11.4 Å². The summed E-state index contributed by atoms with van der Waals surface area (Å²) in [6.45, 7) is 6.69. The average Bonchev–Trinajstić information content (AvgIpc) is 2.86. The van der Waals surface area contributed by atoms with Crippen molar-refractivity contribution in [3.05, 3.63) is 29.1 Å². The number of amides is 1. The lowest BCUT2D eigenvalue weighted by Crippen LogP contribution is -2.34. The van der Waals surface area contributed by atoms with E-state index in [1.54, 1.807) is 20.8 Å². The first-order valence-electron chi connectivity index (χ1n) is 7.82. The molecular weight excluding hydrogens is 343 g/mol. The van der Waals surface area contributed by atoms with Crippen molar-refractivity contribution in [1.82, 2.24) is 14.8 Å². The molecule has 0 aliphatic carbocycles. The van der Waals surface area contributed by atoms with Gasteiger partial charge in [-0.2, -0.15) is 4.98 Å². The van der Waals surface area contributed by atoms with E-state index < -0.39 is 23.5 Å². The lowest BCUT2D eigenvalue weighted by molar-refractivity contribution is 0.0586. The van der Waals surface area contributed by atoms with Gasteiger partial charge in [0, 0.05) is 14.1 Å². The fraction of sp³-hybridized carbons (Fsp3) is 0.412. The largest absolute Gasteiger partial charge is 0.478 e. The van der Waals surface area contributed by atoms with Crippen molar-refractivity contribution in [2.24, 2.45) is 7.05 Å². The molecule has 140 valence electrons. The Bertz CT molecular complexity index is 870. The zero-order valence-corrected chi connectivity index (χ0v) is 15.5. The van der Waals surface area contributed by atoms with Gasteiger partial charge in [-0.1, -0.05) is 0 Å². The van der Waals surface area contributed by atoms with Gasteiger partial charge in [-0.3, -0.25) is 0 Å². The maximum Gasteiger partial charge on any atom is 0.416 e. The molecule has 0 saturated heterocycles. The Kier molecular flexibility index (Phi) is 5.02. The van der Waals surface area contributed by atoms with Gasteiger partial charge in [-0.15, -0.1) is 5.10 Å². The zero-order valence-electron chi connectivity index (χ0n) is 15.5. The molecule has 0 saturated carbocycles. The molecule has 0 radical (unpaired) electrons. The van der Waals surface area contributed by atoms with Crippen LogP contribution in [0, 0.1) is 12.7 Å². The lowest BCUT2D eigenvalue weighted by Gasteiger charge is -2.22. The second kappa shape index (κ2) is 6.74. The number of nitrogens with zero attached hydrogens (tertiary/aromatic N) is 4.